The number of rotatable bonds is 3. The molecule has 2 nitrogen and oxygen atoms in total. The van der Waals surface area contributed by atoms with E-state index in [2.05, 4.69) is 12.0 Å². The summed E-state index contributed by atoms with van der Waals surface area (Å²) < 4.78 is 5.25. The number of carbonyl (C=O) groups excluding carboxylic acids is 1. The first-order valence-electron chi connectivity index (χ1n) is 5.83. The normalized spacial score (nSPS) is 9.50. The molecule has 0 N–H and O–H groups in total. The molecular weight excluding hydrogens is 295 g/mol. The number of carbonyl (C=O) groups is 1. The molecule has 100 valence electrons. The molecule has 2 rings (SSSR count). The van der Waals surface area contributed by atoms with Crippen LogP contribution in [0.3, 0.4) is 0 Å². The summed E-state index contributed by atoms with van der Waals surface area (Å²) >= 11 is 11.8. The van der Waals surface area contributed by atoms with E-state index in [0.29, 0.717) is 17.7 Å². The van der Waals surface area contributed by atoms with Crippen LogP contribution < -0.4 is 4.74 Å². The molecule has 0 bridgehead atoms. The van der Waals surface area contributed by atoms with Crippen LogP contribution in [-0.4, -0.2) is 6.29 Å². The summed E-state index contributed by atoms with van der Waals surface area (Å²) in [7, 11) is 0. The summed E-state index contributed by atoms with van der Waals surface area (Å²) in [6, 6.07) is 12.8. The predicted molar refractivity (Wildman–Crippen MR) is 80.4 cm³/mol. The molecule has 0 aliphatic carbocycles. The van der Waals surface area contributed by atoms with E-state index in [4.69, 9.17) is 27.9 Å². The topological polar surface area (TPSA) is 26.3 Å². The monoisotopic (exact) mass is 304 g/mol. The van der Waals surface area contributed by atoms with E-state index in [9.17, 15) is 4.79 Å². The third kappa shape index (κ3) is 3.77. The van der Waals surface area contributed by atoms with Gasteiger partial charge in [-0.15, -0.1) is 0 Å². The summed E-state index contributed by atoms with van der Waals surface area (Å²) in [6.45, 7) is 0. The highest BCUT2D eigenvalue weighted by Crippen LogP contribution is 2.31. The van der Waals surface area contributed by atoms with Crippen LogP contribution in [0.2, 0.25) is 10.0 Å². The molecule has 0 unspecified atom stereocenters. The van der Waals surface area contributed by atoms with Crippen LogP contribution >= 0.6 is 23.2 Å². The molecule has 0 aromatic heterocycles. The zero-order valence-electron chi connectivity index (χ0n) is 10.4. The maximum atomic E-state index is 10.9. The van der Waals surface area contributed by atoms with Gasteiger partial charge in [-0.3, -0.25) is 4.79 Å². The molecule has 0 spiro atoms. The standard InChI is InChI=1S/C16H10Cl2O2/c17-14-9-13(11-19)16(15(18)10-14)20-8-4-7-12-5-2-1-3-6-12/h1-3,5-6,9-11H,7H2. The van der Waals surface area contributed by atoms with Crippen LogP contribution in [0.1, 0.15) is 15.9 Å². The first-order chi connectivity index (χ1) is 9.70. The average Bonchev–Trinajstić information content (AvgIpc) is 2.45. The van der Waals surface area contributed by atoms with Crippen LogP contribution in [0, 0.1) is 12.0 Å². The fraction of sp³-hybridized carbons (Fsp3) is 0.0625. The van der Waals surface area contributed by atoms with Gasteiger partial charge < -0.3 is 4.74 Å². The second kappa shape index (κ2) is 7.00. The first kappa shape index (κ1) is 14.5. The Hall–Kier alpha value is -1.95. The van der Waals surface area contributed by atoms with Gasteiger partial charge in [0.25, 0.3) is 0 Å². The van der Waals surface area contributed by atoms with Gasteiger partial charge in [-0.2, -0.15) is 0 Å². The third-order valence-electron chi connectivity index (χ3n) is 2.52. The quantitative estimate of drug-likeness (QED) is 0.621. The lowest BCUT2D eigenvalue weighted by Crippen LogP contribution is -1.92. The predicted octanol–water partition coefficient (Wildman–Crippen LogP) is 4.39. The van der Waals surface area contributed by atoms with Crippen molar-refractivity contribution in [1.29, 1.82) is 0 Å². The molecule has 0 aliphatic rings. The molecule has 0 heterocycles. The second-order valence-electron chi connectivity index (χ2n) is 3.97. The van der Waals surface area contributed by atoms with Gasteiger partial charge in [-0.1, -0.05) is 59.5 Å². The molecular formula is C16H10Cl2O2. The minimum Gasteiger partial charge on any atom is -0.405 e. The van der Waals surface area contributed by atoms with Gasteiger partial charge in [0.05, 0.1) is 10.6 Å². The van der Waals surface area contributed by atoms with Crippen molar-refractivity contribution in [3.8, 4) is 17.8 Å². The SMILES string of the molecule is O=Cc1cc(Cl)cc(Cl)c1OC#CCc1ccccc1. The smallest absolute Gasteiger partial charge is 0.169 e. The first-order valence-corrected chi connectivity index (χ1v) is 6.59. The van der Waals surface area contributed by atoms with Gasteiger partial charge in [0, 0.05) is 11.4 Å². The number of hydrogen-bond donors (Lipinski definition) is 0. The van der Waals surface area contributed by atoms with E-state index in [0.717, 1.165) is 5.56 Å². The van der Waals surface area contributed by atoms with E-state index in [1.54, 1.807) is 0 Å². The summed E-state index contributed by atoms with van der Waals surface area (Å²) in [4.78, 5) is 10.9. The lowest BCUT2D eigenvalue weighted by molar-refractivity contribution is 0.112. The highest BCUT2D eigenvalue weighted by atomic mass is 35.5. The van der Waals surface area contributed by atoms with Crippen LogP contribution in [0.5, 0.6) is 5.75 Å². The zero-order chi connectivity index (χ0) is 14.4. The summed E-state index contributed by atoms with van der Waals surface area (Å²) in [5.74, 6) is 3.09. The molecule has 0 aliphatic heterocycles. The van der Waals surface area contributed by atoms with Gasteiger partial charge in [0.2, 0.25) is 0 Å². The van der Waals surface area contributed by atoms with Crippen molar-refractivity contribution < 1.29 is 9.53 Å². The lowest BCUT2D eigenvalue weighted by atomic mass is 10.2. The van der Waals surface area contributed by atoms with Gasteiger partial charge in [0.15, 0.2) is 12.0 Å². The Bertz CT molecular complexity index is 670. The van der Waals surface area contributed by atoms with Gasteiger partial charge in [-0.25, -0.2) is 0 Å². The molecule has 2 aromatic carbocycles. The average molecular weight is 305 g/mol. The van der Waals surface area contributed by atoms with E-state index >= 15 is 0 Å². The number of benzene rings is 2. The largest absolute Gasteiger partial charge is 0.405 e. The third-order valence-corrected chi connectivity index (χ3v) is 3.02. The summed E-state index contributed by atoms with van der Waals surface area (Å²) in [5.41, 5.74) is 1.36. The van der Waals surface area contributed by atoms with Gasteiger partial charge in [0.1, 0.15) is 6.11 Å². The fourth-order valence-corrected chi connectivity index (χ4v) is 2.14. The van der Waals surface area contributed by atoms with E-state index in [1.165, 1.54) is 12.1 Å². The fourth-order valence-electron chi connectivity index (χ4n) is 1.60. The van der Waals surface area contributed by atoms with Crippen molar-refractivity contribution in [3.05, 3.63) is 63.6 Å². The van der Waals surface area contributed by atoms with Crippen LogP contribution in [0.4, 0.5) is 0 Å². The van der Waals surface area contributed by atoms with Crippen molar-refractivity contribution in [1.82, 2.24) is 0 Å². The van der Waals surface area contributed by atoms with Crippen molar-refractivity contribution in [2.75, 3.05) is 0 Å². The minimum atomic E-state index is 0.228. The number of ether oxygens (including phenoxy) is 1. The van der Waals surface area contributed by atoms with Crippen molar-refractivity contribution >= 4 is 29.5 Å². The lowest BCUT2D eigenvalue weighted by Gasteiger charge is -2.04. The summed E-state index contributed by atoms with van der Waals surface area (Å²) in [5, 5.41) is 0.635. The van der Waals surface area contributed by atoms with Crippen molar-refractivity contribution in [2.45, 2.75) is 6.42 Å². The Kier molecular flexibility index (Phi) is 5.06. The number of halogens is 2. The Balaban J connectivity index is 2.10. The Morgan fingerprint density at radius 1 is 1.15 bits per heavy atom. The van der Waals surface area contributed by atoms with Gasteiger partial charge >= 0.3 is 0 Å². The Labute approximate surface area is 127 Å². The minimum absolute atomic E-state index is 0.228. The molecule has 0 saturated heterocycles. The van der Waals surface area contributed by atoms with E-state index in [1.807, 2.05) is 30.3 Å². The van der Waals surface area contributed by atoms with Crippen LogP contribution in [0.25, 0.3) is 0 Å². The van der Waals surface area contributed by atoms with E-state index < -0.39 is 0 Å². The zero-order valence-corrected chi connectivity index (χ0v) is 11.9. The number of hydrogen-bond acceptors (Lipinski definition) is 2. The second-order valence-corrected chi connectivity index (χ2v) is 4.81. The highest BCUT2D eigenvalue weighted by molar-refractivity contribution is 6.36. The Morgan fingerprint density at radius 3 is 2.60 bits per heavy atom. The molecule has 0 saturated carbocycles. The van der Waals surface area contributed by atoms with E-state index in [-0.39, 0.29) is 16.3 Å². The molecule has 2 aromatic rings. The maximum absolute atomic E-state index is 10.9. The van der Waals surface area contributed by atoms with Crippen molar-refractivity contribution in [3.63, 3.8) is 0 Å². The van der Waals surface area contributed by atoms with Crippen LogP contribution in [-0.2, 0) is 6.42 Å². The molecule has 0 radical (unpaired) electrons. The highest BCUT2D eigenvalue weighted by Gasteiger charge is 2.09. The Morgan fingerprint density at radius 2 is 1.90 bits per heavy atom. The maximum Gasteiger partial charge on any atom is 0.169 e. The van der Waals surface area contributed by atoms with Crippen molar-refractivity contribution in [2.24, 2.45) is 0 Å². The van der Waals surface area contributed by atoms with Crippen LogP contribution in [0.15, 0.2) is 42.5 Å². The molecule has 0 atom stereocenters. The molecule has 0 amide bonds. The molecule has 20 heavy (non-hydrogen) atoms. The molecule has 4 heteroatoms. The summed E-state index contributed by atoms with van der Waals surface area (Å²) in [6.07, 6.45) is 3.74. The number of aldehydes is 1. The molecule has 0 fully saturated rings. The van der Waals surface area contributed by atoms with Gasteiger partial charge in [-0.05, 0) is 17.7 Å².